The highest BCUT2D eigenvalue weighted by Crippen LogP contribution is 2.24. The van der Waals surface area contributed by atoms with Gasteiger partial charge < -0.3 is 15.7 Å². The molecule has 3 N–H and O–H groups in total. The Kier molecular flexibility index (Phi) is 8.17. The number of amides is 1. The van der Waals surface area contributed by atoms with Crippen molar-refractivity contribution in [3.05, 3.63) is 0 Å². The largest absolute Gasteiger partial charge is 0.396 e. The number of hydrogen-bond acceptors (Lipinski definition) is 3. The van der Waals surface area contributed by atoms with E-state index in [0.717, 1.165) is 19.4 Å². The van der Waals surface area contributed by atoms with Gasteiger partial charge in [0.25, 0.3) is 0 Å². The van der Waals surface area contributed by atoms with E-state index in [4.69, 9.17) is 0 Å². The first-order valence-corrected chi connectivity index (χ1v) is 6.64. The molecule has 0 saturated carbocycles. The summed E-state index contributed by atoms with van der Waals surface area (Å²) in [5.41, 5.74) is -0.156. The minimum absolute atomic E-state index is 0.0539. The van der Waals surface area contributed by atoms with Crippen molar-refractivity contribution in [2.75, 3.05) is 19.7 Å². The Morgan fingerprint density at radius 2 is 1.88 bits per heavy atom. The molecule has 0 aliphatic rings. The molecule has 0 aliphatic carbocycles. The zero-order chi connectivity index (χ0) is 13.3. The smallest absolute Gasteiger partial charge is 0.221 e. The maximum absolute atomic E-state index is 11.7. The van der Waals surface area contributed by atoms with Crippen LogP contribution in [0.5, 0.6) is 0 Å². The standard InChI is InChI=1S/C13H28N2O2/c1-5-13(6-2,10-16)9-15-12(17)8-11(4)14-7-3/h11,14,16H,5-10H2,1-4H3,(H,15,17). The lowest BCUT2D eigenvalue weighted by atomic mass is 9.83. The lowest BCUT2D eigenvalue weighted by Crippen LogP contribution is -2.41. The predicted octanol–water partition coefficient (Wildman–Crippen LogP) is 1.29. The summed E-state index contributed by atoms with van der Waals surface area (Å²) < 4.78 is 0. The average Bonchev–Trinajstić information content (AvgIpc) is 2.32. The number of aliphatic hydroxyl groups is 1. The van der Waals surface area contributed by atoms with Crippen LogP contribution in [0.2, 0.25) is 0 Å². The molecule has 4 nitrogen and oxygen atoms in total. The molecule has 1 amide bonds. The van der Waals surface area contributed by atoms with Crippen LogP contribution in [-0.2, 0) is 4.79 Å². The van der Waals surface area contributed by atoms with Gasteiger partial charge in [0.2, 0.25) is 5.91 Å². The van der Waals surface area contributed by atoms with Crippen LogP contribution in [0.4, 0.5) is 0 Å². The molecular formula is C13H28N2O2. The van der Waals surface area contributed by atoms with E-state index in [-0.39, 0.29) is 24.0 Å². The summed E-state index contributed by atoms with van der Waals surface area (Å²) in [7, 11) is 0. The van der Waals surface area contributed by atoms with Gasteiger partial charge in [-0.1, -0.05) is 20.8 Å². The molecule has 1 atom stereocenters. The third-order valence-corrected chi connectivity index (χ3v) is 3.54. The van der Waals surface area contributed by atoms with Crippen LogP contribution in [0.25, 0.3) is 0 Å². The molecule has 0 rings (SSSR count). The van der Waals surface area contributed by atoms with Gasteiger partial charge >= 0.3 is 0 Å². The van der Waals surface area contributed by atoms with Gasteiger partial charge in [-0.15, -0.1) is 0 Å². The first kappa shape index (κ1) is 16.4. The molecule has 0 spiro atoms. The first-order valence-electron chi connectivity index (χ1n) is 6.64. The molecule has 17 heavy (non-hydrogen) atoms. The molecule has 0 radical (unpaired) electrons. The van der Waals surface area contributed by atoms with Crippen LogP contribution >= 0.6 is 0 Å². The van der Waals surface area contributed by atoms with Gasteiger partial charge in [0, 0.05) is 24.4 Å². The maximum Gasteiger partial charge on any atom is 0.221 e. The molecule has 0 aromatic carbocycles. The van der Waals surface area contributed by atoms with Gasteiger partial charge in [-0.05, 0) is 26.3 Å². The van der Waals surface area contributed by atoms with Crippen molar-refractivity contribution in [2.45, 2.75) is 53.0 Å². The summed E-state index contributed by atoms with van der Waals surface area (Å²) in [4.78, 5) is 11.7. The molecule has 4 heteroatoms. The number of nitrogens with one attached hydrogen (secondary N) is 2. The summed E-state index contributed by atoms with van der Waals surface area (Å²) in [5.74, 6) is 0.0539. The molecule has 0 heterocycles. The lowest BCUT2D eigenvalue weighted by Gasteiger charge is -2.29. The van der Waals surface area contributed by atoms with Crippen LogP contribution in [0.15, 0.2) is 0 Å². The molecule has 0 bridgehead atoms. The molecule has 0 fully saturated rings. The Bertz CT molecular complexity index is 207. The van der Waals surface area contributed by atoms with Crippen molar-refractivity contribution in [3.63, 3.8) is 0 Å². The minimum Gasteiger partial charge on any atom is -0.396 e. The number of aliphatic hydroxyl groups excluding tert-OH is 1. The van der Waals surface area contributed by atoms with E-state index < -0.39 is 0 Å². The van der Waals surface area contributed by atoms with Crippen LogP contribution < -0.4 is 10.6 Å². The second-order valence-corrected chi connectivity index (χ2v) is 4.80. The quantitative estimate of drug-likeness (QED) is 0.573. The van der Waals surface area contributed by atoms with E-state index in [2.05, 4.69) is 10.6 Å². The predicted molar refractivity (Wildman–Crippen MR) is 70.9 cm³/mol. The van der Waals surface area contributed by atoms with Gasteiger partial charge in [-0.25, -0.2) is 0 Å². The first-order chi connectivity index (χ1) is 8.03. The van der Waals surface area contributed by atoms with Crippen molar-refractivity contribution >= 4 is 5.91 Å². The zero-order valence-electron chi connectivity index (χ0n) is 11.7. The summed E-state index contributed by atoms with van der Waals surface area (Å²) in [5, 5.41) is 15.5. The molecule has 0 aliphatic heterocycles. The normalized spacial score (nSPS) is 13.5. The molecular weight excluding hydrogens is 216 g/mol. The fourth-order valence-electron chi connectivity index (χ4n) is 1.84. The van der Waals surface area contributed by atoms with Crippen molar-refractivity contribution in [3.8, 4) is 0 Å². The third kappa shape index (κ3) is 6.03. The van der Waals surface area contributed by atoms with Gasteiger partial charge in [-0.2, -0.15) is 0 Å². The number of carbonyl (C=O) groups is 1. The SMILES string of the molecule is CCNC(C)CC(=O)NCC(CC)(CC)CO. The van der Waals surface area contributed by atoms with E-state index in [0.29, 0.717) is 13.0 Å². The van der Waals surface area contributed by atoms with E-state index >= 15 is 0 Å². The Balaban J connectivity index is 4.04. The van der Waals surface area contributed by atoms with Crippen LogP contribution in [0.1, 0.15) is 47.0 Å². The van der Waals surface area contributed by atoms with Crippen molar-refractivity contribution in [1.29, 1.82) is 0 Å². The van der Waals surface area contributed by atoms with Gasteiger partial charge in [0.15, 0.2) is 0 Å². The zero-order valence-corrected chi connectivity index (χ0v) is 11.7. The topological polar surface area (TPSA) is 61.4 Å². The van der Waals surface area contributed by atoms with Crippen molar-refractivity contribution in [2.24, 2.45) is 5.41 Å². The van der Waals surface area contributed by atoms with Gasteiger partial charge in [0.05, 0.1) is 6.61 Å². The number of rotatable bonds is 9. The number of carbonyl (C=O) groups excluding carboxylic acids is 1. The van der Waals surface area contributed by atoms with Crippen LogP contribution in [0, 0.1) is 5.41 Å². The summed E-state index contributed by atoms with van der Waals surface area (Å²) in [6.07, 6.45) is 2.24. The van der Waals surface area contributed by atoms with E-state index in [1.807, 2.05) is 27.7 Å². The molecule has 0 saturated heterocycles. The van der Waals surface area contributed by atoms with Crippen LogP contribution in [0.3, 0.4) is 0 Å². The summed E-state index contributed by atoms with van der Waals surface area (Å²) in [6, 6.07) is 0.201. The summed E-state index contributed by atoms with van der Waals surface area (Å²) in [6.45, 7) is 9.69. The van der Waals surface area contributed by atoms with E-state index in [9.17, 15) is 9.90 Å². The lowest BCUT2D eigenvalue weighted by molar-refractivity contribution is -0.122. The second-order valence-electron chi connectivity index (χ2n) is 4.80. The molecule has 1 unspecified atom stereocenters. The molecule has 102 valence electrons. The van der Waals surface area contributed by atoms with Gasteiger partial charge in [-0.3, -0.25) is 4.79 Å². The van der Waals surface area contributed by atoms with Crippen molar-refractivity contribution in [1.82, 2.24) is 10.6 Å². The highest BCUT2D eigenvalue weighted by Gasteiger charge is 2.25. The highest BCUT2D eigenvalue weighted by molar-refractivity contribution is 5.76. The minimum atomic E-state index is -0.156. The number of hydrogen-bond donors (Lipinski definition) is 3. The monoisotopic (exact) mass is 244 g/mol. The molecule has 0 aromatic rings. The highest BCUT2D eigenvalue weighted by atomic mass is 16.3. The summed E-state index contributed by atoms with van der Waals surface area (Å²) >= 11 is 0. The average molecular weight is 244 g/mol. The Morgan fingerprint density at radius 3 is 2.29 bits per heavy atom. The fourth-order valence-corrected chi connectivity index (χ4v) is 1.84. The van der Waals surface area contributed by atoms with Gasteiger partial charge in [0.1, 0.15) is 0 Å². The second kappa shape index (κ2) is 8.48. The Hall–Kier alpha value is -0.610. The van der Waals surface area contributed by atoms with E-state index in [1.165, 1.54) is 0 Å². The maximum atomic E-state index is 11.7. The molecule has 0 aromatic heterocycles. The Labute approximate surface area is 105 Å². The Morgan fingerprint density at radius 1 is 1.29 bits per heavy atom. The van der Waals surface area contributed by atoms with E-state index in [1.54, 1.807) is 0 Å². The third-order valence-electron chi connectivity index (χ3n) is 3.54. The fraction of sp³-hybridized carbons (Fsp3) is 0.923. The van der Waals surface area contributed by atoms with Crippen molar-refractivity contribution < 1.29 is 9.90 Å². The van der Waals surface area contributed by atoms with Crippen LogP contribution in [-0.4, -0.2) is 36.8 Å².